The van der Waals surface area contributed by atoms with Crippen LogP contribution in [0.25, 0.3) is 0 Å². The van der Waals surface area contributed by atoms with Crippen LogP contribution in [-0.4, -0.2) is 22.3 Å². The number of carbonyl (C=O) groups excluding carboxylic acids is 1. The van der Waals surface area contributed by atoms with Crippen LogP contribution in [0.15, 0.2) is 42.7 Å². The van der Waals surface area contributed by atoms with Crippen LogP contribution in [0.2, 0.25) is 0 Å². The highest BCUT2D eigenvalue weighted by Crippen LogP contribution is 2.33. The van der Waals surface area contributed by atoms with E-state index in [4.69, 9.17) is 6.42 Å². The molecule has 3 rings (SSSR count). The van der Waals surface area contributed by atoms with Gasteiger partial charge in [0, 0.05) is 30.1 Å². The van der Waals surface area contributed by atoms with Crippen molar-refractivity contribution in [3.63, 3.8) is 0 Å². The molecule has 1 aromatic heterocycles. The standard InChI is InChI=1S/C19H18N2O/c1-3-15-6-8-16(9-7-15)18-5-4-12-21(18)19(22)17-10-11-20-13-14(17)2/h1,6-11,13,18H,4-5,12H2,2H3. The molecule has 3 heteroatoms. The summed E-state index contributed by atoms with van der Waals surface area (Å²) in [5.74, 6) is 2.71. The Morgan fingerprint density at radius 1 is 1.32 bits per heavy atom. The quantitative estimate of drug-likeness (QED) is 0.795. The van der Waals surface area contributed by atoms with E-state index in [0.29, 0.717) is 0 Å². The number of pyridine rings is 1. The minimum Gasteiger partial charge on any atom is -0.332 e. The molecule has 1 saturated heterocycles. The third-order valence-corrected chi connectivity index (χ3v) is 4.23. The lowest BCUT2D eigenvalue weighted by Gasteiger charge is -2.25. The normalized spacial score (nSPS) is 17.3. The Hall–Kier alpha value is -2.60. The van der Waals surface area contributed by atoms with Crippen molar-refractivity contribution in [2.24, 2.45) is 0 Å². The first kappa shape index (κ1) is 14.3. The fourth-order valence-electron chi connectivity index (χ4n) is 3.03. The highest BCUT2D eigenvalue weighted by atomic mass is 16.2. The number of hydrogen-bond acceptors (Lipinski definition) is 2. The molecule has 3 nitrogen and oxygen atoms in total. The zero-order valence-corrected chi connectivity index (χ0v) is 12.6. The molecule has 1 amide bonds. The van der Waals surface area contributed by atoms with Gasteiger partial charge in [-0.2, -0.15) is 0 Å². The lowest BCUT2D eigenvalue weighted by atomic mass is 10.0. The van der Waals surface area contributed by atoms with E-state index in [2.05, 4.69) is 10.9 Å². The van der Waals surface area contributed by atoms with Gasteiger partial charge in [-0.05, 0) is 49.1 Å². The lowest BCUT2D eigenvalue weighted by molar-refractivity contribution is 0.0735. The Labute approximate surface area is 131 Å². The summed E-state index contributed by atoms with van der Waals surface area (Å²) in [7, 11) is 0. The Morgan fingerprint density at radius 2 is 2.09 bits per heavy atom. The summed E-state index contributed by atoms with van der Waals surface area (Å²) in [4.78, 5) is 18.9. The van der Waals surface area contributed by atoms with Gasteiger partial charge in [0.15, 0.2) is 0 Å². The van der Waals surface area contributed by atoms with E-state index in [0.717, 1.165) is 41.6 Å². The molecule has 0 radical (unpaired) electrons. The molecule has 1 aromatic carbocycles. The van der Waals surface area contributed by atoms with Crippen molar-refractivity contribution in [1.82, 2.24) is 9.88 Å². The summed E-state index contributed by atoms with van der Waals surface area (Å²) < 4.78 is 0. The molecule has 1 aliphatic rings. The molecular weight excluding hydrogens is 272 g/mol. The van der Waals surface area contributed by atoms with Crippen molar-refractivity contribution in [2.45, 2.75) is 25.8 Å². The second kappa shape index (κ2) is 6.03. The predicted molar refractivity (Wildman–Crippen MR) is 86.4 cm³/mol. The topological polar surface area (TPSA) is 33.2 Å². The Kier molecular flexibility index (Phi) is 3.93. The van der Waals surface area contributed by atoms with E-state index in [9.17, 15) is 4.79 Å². The summed E-state index contributed by atoms with van der Waals surface area (Å²) in [5.41, 5.74) is 3.67. The molecule has 1 atom stereocenters. The summed E-state index contributed by atoms with van der Waals surface area (Å²) in [6, 6.07) is 9.87. The number of nitrogens with zero attached hydrogens (tertiary/aromatic N) is 2. The number of rotatable bonds is 2. The molecule has 2 aromatic rings. The number of amides is 1. The number of terminal acetylenes is 1. The second-order valence-corrected chi connectivity index (χ2v) is 5.61. The van der Waals surface area contributed by atoms with E-state index in [1.807, 2.05) is 36.1 Å². The molecule has 0 aliphatic carbocycles. The summed E-state index contributed by atoms with van der Waals surface area (Å²) >= 11 is 0. The van der Waals surface area contributed by atoms with Crippen molar-refractivity contribution < 1.29 is 4.79 Å². The fraction of sp³-hybridized carbons (Fsp3) is 0.263. The minimum atomic E-state index is 0.0865. The molecule has 0 spiro atoms. The van der Waals surface area contributed by atoms with Crippen LogP contribution < -0.4 is 0 Å². The molecule has 0 saturated carbocycles. The van der Waals surface area contributed by atoms with Gasteiger partial charge in [-0.15, -0.1) is 6.42 Å². The summed E-state index contributed by atoms with van der Waals surface area (Å²) in [6.07, 6.45) is 10.8. The first-order valence-electron chi connectivity index (χ1n) is 7.49. The van der Waals surface area contributed by atoms with Crippen molar-refractivity contribution in [3.05, 3.63) is 65.0 Å². The minimum absolute atomic E-state index is 0.0865. The Bertz CT molecular complexity index is 728. The zero-order chi connectivity index (χ0) is 15.5. The van der Waals surface area contributed by atoms with Crippen molar-refractivity contribution in [1.29, 1.82) is 0 Å². The first-order chi connectivity index (χ1) is 10.7. The second-order valence-electron chi connectivity index (χ2n) is 5.61. The van der Waals surface area contributed by atoms with Crippen LogP contribution in [0.1, 0.15) is 45.9 Å². The highest BCUT2D eigenvalue weighted by molar-refractivity contribution is 5.95. The Balaban J connectivity index is 1.88. The van der Waals surface area contributed by atoms with Gasteiger partial charge in [-0.25, -0.2) is 0 Å². The molecule has 1 aliphatic heterocycles. The first-order valence-corrected chi connectivity index (χ1v) is 7.49. The van der Waals surface area contributed by atoms with Gasteiger partial charge in [-0.3, -0.25) is 9.78 Å². The molecule has 0 bridgehead atoms. The molecule has 2 heterocycles. The number of carbonyl (C=O) groups is 1. The van der Waals surface area contributed by atoms with E-state index < -0.39 is 0 Å². The number of likely N-dealkylation sites (tertiary alicyclic amines) is 1. The van der Waals surface area contributed by atoms with E-state index in [-0.39, 0.29) is 11.9 Å². The number of hydrogen-bond donors (Lipinski definition) is 0. The van der Waals surface area contributed by atoms with Crippen LogP contribution >= 0.6 is 0 Å². The van der Waals surface area contributed by atoms with E-state index in [1.165, 1.54) is 0 Å². The maximum atomic E-state index is 12.8. The van der Waals surface area contributed by atoms with E-state index >= 15 is 0 Å². The van der Waals surface area contributed by atoms with Gasteiger partial charge >= 0.3 is 0 Å². The molecule has 1 unspecified atom stereocenters. The van der Waals surface area contributed by atoms with Gasteiger partial charge in [0.25, 0.3) is 5.91 Å². The molecule has 22 heavy (non-hydrogen) atoms. The molecule has 1 fully saturated rings. The average molecular weight is 290 g/mol. The third-order valence-electron chi connectivity index (χ3n) is 4.23. The number of benzene rings is 1. The number of aromatic nitrogens is 1. The summed E-state index contributed by atoms with van der Waals surface area (Å²) in [6.45, 7) is 2.72. The van der Waals surface area contributed by atoms with Crippen LogP contribution in [0.5, 0.6) is 0 Å². The molecule has 110 valence electrons. The van der Waals surface area contributed by atoms with Gasteiger partial charge in [-0.1, -0.05) is 18.1 Å². The SMILES string of the molecule is C#Cc1ccc(C2CCCN2C(=O)c2ccncc2C)cc1. The maximum absolute atomic E-state index is 12.8. The van der Waals surface area contributed by atoms with Gasteiger partial charge in [0.2, 0.25) is 0 Å². The average Bonchev–Trinajstić information content (AvgIpc) is 3.04. The largest absolute Gasteiger partial charge is 0.332 e. The predicted octanol–water partition coefficient (Wildman–Crippen LogP) is 3.35. The number of aryl methyl sites for hydroxylation is 1. The Morgan fingerprint density at radius 3 is 2.77 bits per heavy atom. The fourth-order valence-corrected chi connectivity index (χ4v) is 3.03. The molecule has 0 N–H and O–H groups in total. The van der Waals surface area contributed by atoms with Crippen molar-refractivity contribution in [3.8, 4) is 12.3 Å². The maximum Gasteiger partial charge on any atom is 0.254 e. The van der Waals surface area contributed by atoms with E-state index in [1.54, 1.807) is 18.5 Å². The third kappa shape index (κ3) is 2.60. The molecular formula is C19H18N2O. The highest BCUT2D eigenvalue weighted by Gasteiger charge is 2.31. The van der Waals surface area contributed by atoms with Crippen molar-refractivity contribution in [2.75, 3.05) is 6.54 Å². The van der Waals surface area contributed by atoms with Crippen LogP contribution in [0.4, 0.5) is 0 Å². The van der Waals surface area contributed by atoms with Crippen LogP contribution in [0, 0.1) is 19.3 Å². The van der Waals surface area contributed by atoms with Gasteiger partial charge in [0.05, 0.1) is 6.04 Å². The van der Waals surface area contributed by atoms with Gasteiger partial charge in [0.1, 0.15) is 0 Å². The summed E-state index contributed by atoms with van der Waals surface area (Å²) in [5, 5.41) is 0. The van der Waals surface area contributed by atoms with Crippen molar-refractivity contribution >= 4 is 5.91 Å². The monoisotopic (exact) mass is 290 g/mol. The lowest BCUT2D eigenvalue weighted by Crippen LogP contribution is -2.31. The smallest absolute Gasteiger partial charge is 0.254 e. The van der Waals surface area contributed by atoms with Gasteiger partial charge < -0.3 is 4.90 Å². The zero-order valence-electron chi connectivity index (χ0n) is 12.6. The van der Waals surface area contributed by atoms with Crippen LogP contribution in [-0.2, 0) is 0 Å². The van der Waals surface area contributed by atoms with Crippen LogP contribution in [0.3, 0.4) is 0 Å².